The molecule has 178 valence electrons. The van der Waals surface area contributed by atoms with Crippen LogP contribution < -0.4 is 9.80 Å². The van der Waals surface area contributed by atoms with Crippen molar-refractivity contribution >= 4 is 46.0 Å². The normalized spacial score (nSPS) is 21.4. The van der Waals surface area contributed by atoms with Crippen LogP contribution in [0.3, 0.4) is 0 Å². The number of aliphatic imine (C=N–C) groups is 1. The molecule has 2 aromatic rings. The SMILES string of the molecule is CCN1C(=O)C(=Cc2ccc(N3CCCC3)c(F)c2)SC1=Nc1ccc(N2CCOCC2)cc1. The first-order chi connectivity index (χ1) is 16.6. The van der Waals surface area contributed by atoms with Crippen LogP contribution in [0.5, 0.6) is 0 Å². The third-order valence-electron chi connectivity index (χ3n) is 6.37. The molecule has 34 heavy (non-hydrogen) atoms. The zero-order valence-corrected chi connectivity index (χ0v) is 20.2. The second-order valence-electron chi connectivity index (χ2n) is 8.58. The van der Waals surface area contributed by atoms with Crippen LogP contribution in [0.25, 0.3) is 6.08 Å². The Morgan fingerprint density at radius 1 is 1.03 bits per heavy atom. The summed E-state index contributed by atoms with van der Waals surface area (Å²) in [6.07, 6.45) is 3.96. The van der Waals surface area contributed by atoms with Crippen LogP contribution >= 0.6 is 11.8 Å². The lowest BCUT2D eigenvalue weighted by molar-refractivity contribution is -0.122. The van der Waals surface area contributed by atoms with Crippen molar-refractivity contribution in [3.63, 3.8) is 0 Å². The molecule has 2 aromatic carbocycles. The van der Waals surface area contributed by atoms with Gasteiger partial charge in [-0.1, -0.05) is 6.07 Å². The number of benzene rings is 2. The van der Waals surface area contributed by atoms with E-state index in [4.69, 9.17) is 9.73 Å². The highest BCUT2D eigenvalue weighted by molar-refractivity contribution is 8.18. The molecule has 3 fully saturated rings. The molecule has 0 radical (unpaired) electrons. The molecule has 0 bridgehead atoms. The van der Waals surface area contributed by atoms with Crippen molar-refractivity contribution < 1.29 is 13.9 Å². The molecule has 0 atom stereocenters. The van der Waals surface area contributed by atoms with E-state index >= 15 is 0 Å². The van der Waals surface area contributed by atoms with Gasteiger partial charge in [-0.3, -0.25) is 9.69 Å². The van der Waals surface area contributed by atoms with Gasteiger partial charge >= 0.3 is 0 Å². The Balaban J connectivity index is 1.34. The Kier molecular flexibility index (Phi) is 6.87. The molecule has 0 spiro atoms. The van der Waals surface area contributed by atoms with E-state index in [1.807, 2.05) is 31.2 Å². The number of ether oxygens (including phenoxy) is 1. The Morgan fingerprint density at radius 2 is 1.76 bits per heavy atom. The summed E-state index contributed by atoms with van der Waals surface area (Å²) in [6, 6.07) is 13.3. The molecule has 0 aromatic heterocycles. The maximum atomic E-state index is 14.7. The number of amidine groups is 1. The monoisotopic (exact) mass is 480 g/mol. The first-order valence-corrected chi connectivity index (χ1v) is 12.7. The number of anilines is 2. The van der Waals surface area contributed by atoms with Crippen molar-refractivity contribution in [3.8, 4) is 0 Å². The van der Waals surface area contributed by atoms with Gasteiger partial charge in [0.05, 0.1) is 29.5 Å². The highest BCUT2D eigenvalue weighted by atomic mass is 32.2. The van der Waals surface area contributed by atoms with Crippen molar-refractivity contribution in [2.45, 2.75) is 19.8 Å². The number of halogens is 1. The van der Waals surface area contributed by atoms with Crippen LogP contribution in [0.1, 0.15) is 25.3 Å². The predicted molar refractivity (Wildman–Crippen MR) is 137 cm³/mol. The molecular weight excluding hydrogens is 451 g/mol. The molecule has 3 heterocycles. The molecule has 0 unspecified atom stereocenters. The summed E-state index contributed by atoms with van der Waals surface area (Å²) in [5, 5.41) is 0.645. The van der Waals surface area contributed by atoms with Gasteiger partial charge < -0.3 is 14.5 Å². The Labute approximate surface area is 204 Å². The lowest BCUT2D eigenvalue weighted by atomic mass is 10.1. The zero-order chi connectivity index (χ0) is 23.5. The minimum Gasteiger partial charge on any atom is -0.378 e. The number of morpholine rings is 1. The van der Waals surface area contributed by atoms with Gasteiger partial charge in [0.2, 0.25) is 0 Å². The highest BCUT2D eigenvalue weighted by Gasteiger charge is 2.32. The first-order valence-electron chi connectivity index (χ1n) is 11.9. The molecule has 6 nitrogen and oxygen atoms in total. The summed E-state index contributed by atoms with van der Waals surface area (Å²) in [5.74, 6) is -0.339. The summed E-state index contributed by atoms with van der Waals surface area (Å²) in [6.45, 7) is 7.50. The van der Waals surface area contributed by atoms with Crippen molar-refractivity contribution in [1.82, 2.24) is 4.90 Å². The fourth-order valence-electron chi connectivity index (χ4n) is 4.52. The molecule has 1 amide bonds. The van der Waals surface area contributed by atoms with Gasteiger partial charge in [0.1, 0.15) is 5.82 Å². The van der Waals surface area contributed by atoms with E-state index in [1.54, 1.807) is 11.0 Å². The lowest BCUT2D eigenvalue weighted by Crippen LogP contribution is -2.36. The second-order valence-corrected chi connectivity index (χ2v) is 9.58. The van der Waals surface area contributed by atoms with Crippen LogP contribution in [-0.4, -0.2) is 61.9 Å². The summed E-state index contributed by atoms with van der Waals surface area (Å²) < 4.78 is 20.2. The van der Waals surface area contributed by atoms with E-state index in [2.05, 4.69) is 21.9 Å². The highest BCUT2D eigenvalue weighted by Crippen LogP contribution is 2.35. The molecule has 3 saturated heterocycles. The van der Waals surface area contributed by atoms with Crippen LogP contribution in [0.4, 0.5) is 21.5 Å². The minimum atomic E-state index is -0.242. The average Bonchev–Trinajstić information content (AvgIpc) is 3.49. The Hall–Kier alpha value is -2.84. The molecule has 0 N–H and O–H groups in total. The van der Waals surface area contributed by atoms with E-state index in [0.29, 0.717) is 27.9 Å². The van der Waals surface area contributed by atoms with E-state index < -0.39 is 0 Å². The fraction of sp³-hybridized carbons (Fsp3) is 0.385. The van der Waals surface area contributed by atoms with Gasteiger partial charge in [0, 0.05) is 38.4 Å². The summed E-state index contributed by atoms with van der Waals surface area (Å²) in [4.78, 5) is 24.3. The van der Waals surface area contributed by atoms with Crippen molar-refractivity contribution in [1.29, 1.82) is 0 Å². The van der Waals surface area contributed by atoms with Crippen LogP contribution in [0, 0.1) is 5.82 Å². The molecule has 8 heteroatoms. The quantitative estimate of drug-likeness (QED) is 0.571. The molecule has 0 saturated carbocycles. The van der Waals surface area contributed by atoms with Gasteiger partial charge in [-0.05, 0) is 79.6 Å². The third kappa shape index (κ3) is 4.83. The van der Waals surface area contributed by atoms with Crippen LogP contribution in [0.2, 0.25) is 0 Å². The first kappa shape index (κ1) is 22.9. The number of likely N-dealkylation sites (N-methyl/N-ethyl adjacent to an activating group) is 1. The topological polar surface area (TPSA) is 48.4 Å². The smallest absolute Gasteiger partial charge is 0.266 e. The minimum absolute atomic E-state index is 0.0970. The molecule has 5 rings (SSSR count). The van der Waals surface area contributed by atoms with Gasteiger partial charge in [-0.15, -0.1) is 0 Å². The molecule has 3 aliphatic rings. The average molecular weight is 481 g/mol. The van der Waals surface area contributed by atoms with E-state index in [1.165, 1.54) is 17.8 Å². The fourth-order valence-corrected chi connectivity index (χ4v) is 5.58. The van der Waals surface area contributed by atoms with Gasteiger partial charge in [0.25, 0.3) is 5.91 Å². The molecule has 0 aliphatic carbocycles. The summed E-state index contributed by atoms with van der Waals surface area (Å²) >= 11 is 1.34. The molecule has 3 aliphatic heterocycles. The lowest BCUT2D eigenvalue weighted by Gasteiger charge is -2.28. The summed E-state index contributed by atoms with van der Waals surface area (Å²) in [5.41, 5.74) is 3.27. The number of carbonyl (C=O) groups is 1. The number of hydrogen-bond acceptors (Lipinski definition) is 6. The van der Waals surface area contributed by atoms with Gasteiger partial charge in [-0.2, -0.15) is 0 Å². The van der Waals surface area contributed by atoms with E-state index in [9.17, 15) is 9.18 Å². The largest absolute Gasteiger partial charge is 0.378 e. The van der Waals surface area contributed by atoms with Crippen molar-refractivity contribution in [3.05, 3.63) is 58.8 Å². The van der Waals surface area contributed by atoms with Gasteiger partial charge in [0.15, 0.2) is 5.17 Å². The molecular formula is C26H29FN4O2S. The van der Waals surface area contributed by atoms with Crippen molar-refractivity contribution in [2.24, 2.45) is 4.99 Å². The zero-order valence-electron chi connectivity index (χ0n) is 19.4. The number of hydrogen-bond donors (Lipinski definition) is 0. The summed E-state index contributed by atoms with van der Waals surface area (Å²) in [7, 11) is 0. The van der Waals surface area contributed by atoms with Crippen LogP contribution in [-0.2, 0) is 9.53 Å². The van der Waals surface area contributed by atoms with Gasteiger partial charge in [-0.25, -0.2) is 9.38 Å². The maximum absolute atomic E-state index is 14.7. The number of amides is 1. The number of carbonyl (C=O) groups excluding carboxylic acids is 1. The maximum Gasteiger partial charge on any atom is 0.266 e. The third-order valence-corrected chi connectivity index (χ3v) is 7.38. The number of rotatable bonds is 5. The van der Waals surface area contributed by atoms with E-state index in [0.717, 1.165) is 63.6 Å². The number of thioether (sulfide) groups is 1. The van der Waals surface area contributed by atoms with Crippen LogP contribution in [0.15, 0.2) is 52.4 Å². The Morgan fingerprint density at radius 3 is 2.44 bits per heavy atom. The number of nitrogens with zero attached hydrogens (tertiary/aromatic N) is 4. The standard InChI is InChI=1S/C26H29FN4O2S/c1-2-31-25(32)24(18-19-5-10-23(22(27)17-19)30-11-3-4-12-30)34-26(31)28-20-6-8-21(9-7-20)29-13-15-33-16-14-29/h5-10,17-18H,2-4,11-16H2,1H3. The van der Waals surface area contributed by atoms with E-state index in [-0.39, 0.29) is 11.7 Å². The predicted octanol–water partition coefficient (Wildman–Crippen LogP) is 4.89. The van der Waals surface area contributed by atoms with Crippen molar-refractivity contribution in [2.75, 3.05) is 55.7 Å². The Bertz CT molecular complexity index is 1110. The second kappa shape index (κ2) is 10.2.